The maximum atomic E-state index is 12.1. The highest BCUT2D eigenvalue weighted by Gasteiger charge is 2.33. The van der Waals surface area contributed by atoms with Crippen LogP contribution in [0.4, 0.5) is 0 Å². The van der Waals surface area contributed by atoms with E-state index in [1.165, 1.54) is 0 Å². The van der Waals surface area contributed by atoms with Gasteiger partial charge in [0.1, 0.15) is 5.57 Å². The minimum absolute atomic E-state index is 0.0210. The van der Waals surface area contributed by atoms with Crippen LogP contribution in [0.1, 0.15) is 34.1 Å². The lowest BCUT2D eigenvalue weighted by atomic mass is 9.71. The molecule has 0 aromatic heterocycles. The van der Waals surface area contributed by atoms with Gasteiger partial charge in [-0.2, -0.15) is 0 Å². The molecule has 21 heavy (non-hydrogen) atoms. The van der Waals surface area contributed by atoms with E-state index in [0.717, 1.165) is 6.42 Å². The number of carbonyl (C=O) groups excluding carboxylic acids is 2. The molecular weight excluding hydrogens is 268 g/mol. The van der Waals surface area contributed by atoms with Gasteiger partial charge in [-0.3, -0.25) is 0 Å². The van der Waals surface area contributed by atoms with Crippen molar-refractivity contribution in [1.29, 1.82) is 0 Å². The van der Waals surface area contributed by atoms with E-state index in [4.69, 9.17) is 9.47 Å². The molecule has 116 valence electrons. The lowest BCUT2D eigenvalue weighted by Crippen LogP contribution is -2.27. The van der Waals surface area contributed by atoms with Gasteiger partial charge >= 0.3 is 11.9 Å². The van der Waals surface area contributed by atoms with E-state index < -0.39 is 11.9 Å². The Balaban J connectivity index is 3.21. The molecule has 4 heteroatoms. The van der Waals surface area contributed by atoms with Crippen molar-refractivity contribution in [2.45, 2.75) is 34.1 Å². The van der Waals surface area contributed by atoms with E-state index in [-0.39, 0.29) is 30.1 Å². The number of rotatable bonds is 6. The van der Waals surface area contributed by atoms with Crippen molar-refractivity contribution in [3.63, 3.8) is 0 Å². The van der Waals surface area contributed by atoms with Crippen LogP contribution in [-0.4, -0.2) is 25.2 Å². The molecule has 0 radical (unpaired) electrons. The molecule has 0 saturated carbocycles. The maximum absolute atomic E-state index is 12.1. The standard InChI is InChI=1S/C17H24O4/c1-5-20-15(18)14(16(19)21-6-2)12-17(13(3)4)10-8-7-9-11-17/h7-10,12-13H,5-6,11H2,1-4H3. The molecule has 0 spiro atoms. The number of hydrogen-bond donors (Lipinski definition) is 0. The molecule has 0 amide bonds. The third-order valence-electron chi connectivity index (χ3n) is 3.60. The Hall–Kier alpha value is -1.84. The van der Waals surface area contributed by atoms with E-state index in [9.17, 15) is 9.59 Å². The largest absolute Gasteiger partial charge is 0.462 e. The van der Waals surface area contributed by atoms with Crippen LogP contribution in [0.3, 0.4) is 0 Å². The van der Waals surface area contributed by atoms with Crippen LogP contribution in [0.15, 0.2) is 36.0 Å². The Morgan fingerprint density at radius 2 is 1.71 bits per heavy atom. The van der Waals surface area contributed by atoms with Crippen LogP contribution in [0.5, 0.6) is 0 Å². The van der Waals surface area contributed by atoms with Crippen molar-refractivity contribution in [3.05, 3.63) is 36.0 Å². The molecule has 1 atom stereocenters. The summed E-state index contributed by atoms with van der Waals surface area (Å²) < 4.78 is 9.98. The zero-order valence-corrected chi connectivity index (χ0v) is 13.2. The third kappa shape index (κ3) is 4.31. The van der Waals surface area contributed by atoms with E-state index in [0.29, 0.717) is 0 Å². The summed E-state index contributed by atoms with van der Waals surface area (Å²) in [7, 11) is 0. The van der Waals surface area contributed by atoms with Crippen molar-refractivity contribution in [2.75, 3.05) is 13.2 Å². The van der Waals surface area contributed by atoms with E-state index in [2.05, 4.69) is 13.8 Å². The Kier molecular flexibility index (Phi) is 6.40. The van der Waals surface area contributed by atoms with Crippen molar-refractivity contribution in [2.24, 2.45) is 11.3 Å². The fraction of sp³-hybridized carbons (Fsp3) is 0.529. The number of esters is 2. The van der Waals surface area contributed by atoms with Gasteiger partial charge in [0.15, 0.2) is 0 Å². The fourth-order valence-corrected chi connectivity index (χ4v) is 2.24. The molecule has 0 bridgehead atoms. The predicted molar refractivity (Wildman–Crippen MR) is 81.5 cm³/mol. The van der Waals surface area contributed by atoms with Crippen LogP contribution < -0.4 is 0 Å². The first-order chi connectivity index (χ1) is 9.96. The second-order valence-corrected chi connectivity index (χ2v) is 5.26. The topological polar surface area (TPSA) is 52.6 Å². The first-order valence-corrected chi connectivity index (χ1v) is 7.38. The van der Waals surface area contributed by atoms with E-state index in [1.807, 2.05) is 24.3 Å². The van der Waals surface area contributed by atoms with Gasteiger partial charge in [-0.25, -0.2) is 9.59 Å². The number of ether oxygens (including phenoxy) is 2. The summed E-state index contributed by atoms with van der Waals surface area (Å²) in [4.78, 5) is 24.1. The average molecular weight is 292 g/mol. The molecule has 4 nitrogen and oxygen atoms in total. The van der Waals surface area contributed by atoms with Gasteiger partial charge < -0.3 is 9.47 Å². The molecule has 0 N–H and O–H groups in total. The van der Waals surface area contributed by atoms with Crippen LogP contribution in [-0.2, 0) is 19.1 Å². The van der Waals surface area contributed by atoms with Crippen molar-refractivity contribution >= 4 is 11.9 Å². The summed E-state index contributed by atoms with van der Waals surface area (Å²) in [5, 5.41) is 0. The number of allylic oxidation sites excluding steroid dienone is 5. The third-order valence-corrected chi connectivity index (χ3v) is 3.60. The zero-order chi connectivity index (χ0) is 15.9. The van der Waals surface area contributed by atoms with Crippen molar-refractivity contribution in [3.8, 4) is 0 Å². The molecule has 0 fully saturated rings. The highest BCUT2D eigenvalue weighted by Crippen LogP contribution is 2.38. The second-order valence-electron chi connectivity index (χ2n) is 5.26. The molecule has 0 aliphatic heterocycles. The van der Waals surface area contributed by atoms with Crippen molar-refractivity contribution < 1.29 is 19.1 Å². The lowest BCUT2D eigenvalue weighted by molar-refractivity contribution is -0.146. The molecule has 0 aromatic carbocycles. The highest BCUT2D eigenvalue weighted by atomic mass is 16.6. The van der Waals surface area contributed by atoms with Gasteiger partial charge in [0.2, 0.25) is 0 Å². The molecule has 1 unspecified atom stereocenters. The minimum Gasteiger partial charge on any atom is -0.462 e. The van der Waals surface area contributed by atoms with Crippen LogP contribution in [0.2, 0.25) is 0 Å². The molecule has 1 aliphatic rings. The Morgan fingerprint density at radius 1 is 1.14 bits per heavy atom. The molecule has 0 heterocycles. The van der Waals surface area contributed by atoms with Gasteiger partial charge in [0.05, 0.1) is 13.2 Å². The fourth-order valence-electron chi connectivity index (χ4n) is 2.24. The summed E-state index contributed by atoms with van der Waals surface area (Å²) in [6.45, 7) is 7.99. The minimum atomic E-state index is -0.626. The molecular formula is C17H24O4. The maximum Gasteiger partial charge on any atom is 0.345 e. The monoisotopic (exact) mass is 292 g/mol. The summed E-state index contributed by atoms with van der Waals surface area (Å²) in [5.74, 6) is -1.02. The van der Waals surface area contributed by atoms with E-state index >= 15 is 0 Å². The highest BCUT2D eigenvalue weighted by molar-refractivity contribution is 6.14. The van der Waals surface area contributed by atoms with Gasteiger partial charge in [0.25, 0.3) is 0 Å². The number of hydrogen-bond acceptors (Lipinski definition) is 4. The Bertz CT molecular complexity index is 451. The first-order valence-electron chi connectivity index (χ1n) is 7.38. The Morgan fingerprint density at radius 3 is 2.10 bits per heavy atom. The molecule has 0 aromatic rings. The van der Waals surface area contributed by atoms with Crippen LogP contribution >= 0.6 is 0 Å². The van der Waals surface area contributed by atoms with Crippen molar-refractivity contribution in [1.82, 2.24) is 0 Å². The second kappa shape index (κ2) is 7.81. The smallest absolute Gasteiger partial charge is 0.345 e. The quantitative estimate of drug-likeness (QED) is 0.326. The summed E-state index contributed by atoms with van der Waals surface area (Å²) in [6, 6.07) is 0. The normalized spacial score (nSPS) is 20.2. The van der Waals surface area contributed by atoms with Crippen LogP contribution in [0, 0.1) is 11.3 Å². The summed E-state index contributed by atoms with van der Waals surface area (Å²) in [5.41, 5.74) is -0.392. The SMILES string of the molecule is CCOC(=O)C(=CC1(C(C)C)C=CC=CC1)C(=O)OCC. The van der Waals surface area contributed by atoms with Crippen LogP contribution in [0.25, 0.3) is 0 Å². The molecule has 0 saturated heterocycles. The molecule has 1 rings (SSSR count). The first kappa shape index (κ1) is 17.2. The summed E-state index contributed by atoms with van der Waals surface area (Å²) >= 11 is 0. The van der Waals surface area contributed by atoms with E-state index in [1.54, 1.807) is 19.9 Å². The zero-order valence-electron chi connectivity index (χ0n) is 13.2. The van der Waals surface area contributed by atoms with Gasteiger partial charge in [0, 0.05) is 5.41 Å². The predicted octanol–water partition coefficient (Wildman–Crippen LogP) is 3.20. The lowest BCUT2D eigenvalue weighted by Gasteiger charge is -2.33. The average Bonchev–Trinajstić information content (AvgIpc) is 2.46. The van der Waals surface area contributed by atoms with Gasteiger partial charge in [-0.1, -0.05) is 44.2 Å². The Labute approximate surface area is 126 Å². The van der Waals surface area contributed by atoms with Gasteiger partial charge in [-0.05, 0) is 26.2 Å². The summed E-state index contributed by atoms with van der Waals surface area (Å²) in [6.07, 6.45) is 10.4. The van der Waals surface area contributed by atoms with Gasteiger partial charge in [-0.15, -0.1) is 0 Å². The molecule has 1 aliphatic carbocycles. The number of carbonyl (C=O) groups is 2.